The molecule has 0 amide bonds. The fourth-order valence-electron chi connectivity index (χ4n) is 6.39. The van der Waals surface area contributed by atoms with Crippen LogP contribution in [0.4, 0.5) is 0 Å². The predicted octanol–water partition coefficient (Wildman–Crippen LogP) is 10.3. The zero-order valence-corrected chi connectivity index (χ0v) is 27.7. The number of ether oxygens (including phenoxy) is 4. The van der Waals surface area contributed by atoms with E-state index in [0.717, 1.165) is 41.5 Å². The van der Waals surface area contributed by atoms with Gasteiger partial charge in [0.15, 0.2) is 0 Å². The van der Waals surface area contributed by atoms with Gasteiger partial charge in [0.2, 0.25) is 0 Å². The Morgan fingerprint density at radius 2 is 0.864 bits per heavy atom. The first-order valence-electron chi connectivity index (χ1n) is 15.6. The quantitative estimate of drug-likeness (QED) is 0.0875. The molecule has 0 aromatic heterocycles. The van der Waals surface area contributed by atoms with Gasteiger partial charge in [0.05, 0.1) is 50.9 Å². The van der Waals surface area contributed by atoms with Crippen LogP contribution < -0.4 is 18.9 Å². The summed E-state index contributed by atoms with van der Waals surface area (Å²) in [5, 5.41) is 0. The second kappa shape index (κ2) is 16.4. The van der Waals surface area contributed by atoms with Gasteiger partial charge < -0.3 is 23.5 Å². The second-order valence-electron chi connectivity index (χ2n) is 11.1. The largest absolute Gasteiger partial charge is 0.496 e. The van der Waals surface area contributed by atoms with Crippen molar-refractivity contribution in [3.05, 3.63) is 119 Å². The normalized spacial score (nSPS) is 13.8. The van der Waals surface area contributed by atoms with Crippen LogP contribution in [0, 0.1) is 0 Å². The number of hydrogen-bond donors (Lipinski definition) is 0. The Bertz CT molecular complexity index is 1340. The third-order valence-corrected chi connectivity index (χ3v) is 12.3. The summed E-state index contributed by atoms with van der Waals surface area (Å²) >= 11 is 0. The molecule has 0 radical (unpaired) electrons. The molecule has 0 aliphatic carbocycles. The molecule has 0 N–H and O–H groups in total. The van der Waals surface area contributed by atoms with Gasteiger partial charge in [-0.1, -0.05) is 112 Å². The molecule has 6 heteroatoms. The zero-order chi connectivity index (χ0) is 31.4. The maximum Gasteiger partial charge on any atom is 0.126 e. The van der Waals surface area contributed by atoms with Gasteiger partial charge in [0, 0.05) is 6.16 Å². The summed E-state index contributed by atoms with van der Waals surface area (Å²) in [4.78, 5) is 0. The van der Waals surface area contributed by atoms with Gasteiger partial charge in [-0.15, -0.1) is 0 Å². The lowest BCUT2D eigenvalue weighted by atomic mass is 10.0. The van der Waals surface area contributed by atoms with Crippen LogP contribution in [0.2, 0.25) is 0 Å². The SMILES string of the molecule is CCCCCCCCP(=O)(C(c1ccccc1)c1c(OC)cccc1OC)C(c1ccccc1)c1c(OC)cccc1OC. The van der Waals surface area contributed by atoms with Crippen molar-refractivity contribution in [3.63, 3.8) is 0 Å². The Labute approximate surface area is 263 Å². The Hall–Kier alpha value is -3.69. The van der Waals surface area contributed by atoms with E-state index in [4.69, 9.17) is 18.9 Å². The Kier molecular flexibility index (Phi) is 12.4. The lowest BCUT2D eigenvalue weighted by Crippen LogP contribution is -2.17. The van der Waals surface area contributed by atoms with Crippen LogP contribution in [0.25, 0.3) is 0 Å². The molecule has 0 spiro atoms. The molecule has 0 saturated carbocycles. The van der Waals surface area contributed by atoms with Gasteiger partial charge >= 0.3 is 0 Å². The van der Waals surface area contributed by atoms with Gasteiger partial charge in [-0.25, -0.2) is 0 Å². The smallest absolute Gasteiger partial charge is 0.126 e. The minimum absolute atomic E-state index is 0.523. The number of methoxy groups -OCH3 is 4. The van der Waals surface area contributed by atoms with Crippen LogP contribution in [-0.4, -0.2) is 34.6 Å². The van der Waals surface area contributed by atoms with Crippen LogP contribution in [0.1, 0.15) is 79.0 Å². The molecule has 0 saturated heterocycles. The first-order valence-corrected chi connectivity index (χ1v) is 17.7. The number of rotatable bonds is 17. The van der Waals surface area contributed by atoms with Crippen molar-refractivity contribution >= 4 is 7.14 Å². The van der Waals surface area contributed by atoms with Crippen molar-refractivity contribution < 1.29 is 23.5 Å². The van der Waals surface area contributed by atoms with E-state index in [9.17, 15) is 0 Å². The lowest BCUT2D eigenvalue weighted by molar-refractivity contribution is 0.383. The van der Waals surface area contributed by atoms with E-state index in [0.29, 0.717) is 29.2 Å². The summed E-state index contributed by atoms with van der Waals surface area (Å²) in [7, 11) is 3.29. The van der Waals surface area contributed by atoms with Gasteiger partial charge in [0.1, 0.15) is 30.1 Å². The molecule has 0 fully saturated rings. The highest BCUT2D eigenvalue weighted by Crippen LogP contribution is 2.75. The average Bonchev–Trinajstić information content (AvgIpc) is 3.07. The Morgan fingerprint density at radius 1 is 0.500 bits per heavy atom. The fourth-order valence-corrected chi connectivity index (χ4v) is 10.7. The molecule has 234 valence electrons. The molecule has 0 bridgehead atoms. The summed E-state index contributed by atoms with van der Waals surface area (Å²) in [6.07, 6.45) is 7.09. The third kappa shape index (κ3) is 7.33. The standard InChI is InChI=1S/C38H47O5P/c1-6-7-8-9-10-17-28-44(39,37(29-20-13-11-14-21-29)35-31(40-2)24-18-25-32(35)41-3)38(30-22-15-12-16-23-30)36-33(42-4)26-19-27-34(36)43-5/h11-16,18-27,37-38H,6-10,17,28H2,1-5H3. The fraction of sp³-hybridized carbons (Fsp3) is 0.368. The molecule has 0 aliphatic heterocycles. The molecule has 4 aromatic rings. The average molecular weight is 615 g/mol. The maximum atomic E-state index is 16.8. The summed E-state index contributed by atoms with van der Waals surface area (Å²) in [5.41, 5.74) is 2.47. The van der Waals surface area contributed by atoms with Crippen LogP contribution in [-0.2, 0) is 4.57 Å². The molecule has 0 heterocycles. The second-order valence-corrected chi connectivity index (χ2v) is 14.3. The third-order valence-electron chi connectivity index (χ3n) is 8.44. The van der Waals surface area contributed by atoms with E-state index >= 15 is 4.57 Å². The highest BCUT2D eigenvalue weighted by molar-refractivity contribution is 7.65. The van der Waals surface area contributed by atoms with E-state index < -0.39 is 18.5 Å². The molecular formula is C38H47O5P. The molecular weight excluding hydrogens is 567 g/mol. The van der Waals surface area contributed by atoms with E-state index in [1.807, 2.05) is 72.8 Å². The van der Waals surface area contributed by atoms with Crippen molar-refractivity contribution in [3.8, 4) is 23.0 Å². The van der Waals surface area contributed by atoms with Crippen molar-refractivity contribution in [1.29, 1.82) is 0 Å². The van der Waals surface area contributed by atoms with Gasteiger partial charge in [0.25, 0.3) is 0 Å². The first kappa shape index (κ1) is 33.2. The lowest BCUT2D eigenvalue weighted by Gasteiger charge is -2.38. The number of unbranched alkanes of at least 4 members (excludes halogenated alkanes) is 5. The van der Waals surface area contributed by atoms with Crippen LogP contribution in [0.5, 0.6) is 23.0 Å². The van der Waals surface area contributed by atoms with Crippen molar-refractivity contribution in [2.24, 2.45) is 0 Å². The van der Waals surface area contributed by atoms with E-state index in [2.05, 4.69) is 31.2 Å². The predicted molar refractivity (Wildman–Crippen MR) is 182 cm³/mol. The Morgan fingerprint density at radius 3 is 1.23 bits per heavy atom. The molecule has 4 rings (SSSR count). The minimum atomic E-state index is -3.36. The molecule has 44 heavy (non-hydrogen) atoms. The van der Waals surface area contributed by atoms with Crippen LogP contribution >= 0.6 is 7.14 Å². The van der Waals surface area contributed by atoms with E-state index in [-0.39, 0.29) is 0 Å². The van der Waals surface area contributed by atoms with Crippen molar-refractivity contribution in [2.45, 2.75) is 56.8 Å². The molecule has 0 aliphatic rings. The molecule has 4 aromatic carbocycles. The van der Waals surface area contributed by atoms with Crippen LogP contribution in [0.15, 0.2) is 97.1 Å². The van der Waals surface area contributed by atoms with Crippen LogP contribution in [0.3, 0.4) is 0 Å². The summed E-state index contributed by atoms with van der Waals surface area (Å²) in [5.74, 6) is 2.61. The Balaban J connectivity index is 2.07. The summed E-state index contributed by atoms with van der Waals surface area (Å²) in [6.45, 7) is 2.23. The first-order chi connectivity index (χ1) is 21.5. The van der Waals surface area contributed by atoms with Crippen molar-refractivity contribution in [2.75, 3.05) is 34.6 Å². The zero-order valence-electron chi connectivity index (χ0n) is 26.8. The minimum Gasteiger partial charge on any atom is -0.496 e. The number of benzene rings is 4. The topological polar surface area (TPSA) is 54.0 Å². The number of hydrogen-bond acceptors (Lipinski definition) is 5. The summed E-state index contributed by atoms with van der Waals surface area (Å²) < 4.78 is 40.7. The van der Waals surface area contributed by atoms with Gasteiger partial charge in [-0.05, 0) is 41.8 Å². The van der Waals surface area contributed by atoms with Gasteiger partial charge in [-0.2, -0.15) is 0 Å². The van der Waals surface area contributed by atoms with Crippen molar-refractivity contribution in [1.82, 2.24) is 0 Å². The van der Waals surface area contributed by atoms with Gasteiger partial charge in [-0.3, -0.25) is 0 Å². The summed E-state index contributed by atoms with van der Waals surface area (Å²) in [6, 6.07) is 31.9. The molecule has 2 atom stereocenters. The molecule has 2 unspecified atom stereocenters. The molecule has 5 nitrogen and oxygen atoms in total. The maximum absolute atomic E-state index is 16.8. The highest BCUT2D eigenvalue weighted by Gasteiger charge is 2.47. The highest BCUT2D eigenvalue weighted by atomic mass is 31.2. The van der Waals surface area contributed by atoms with E-state index in [1.165, 1.54) is 19.3 Å². The van der Waals surface area contributed by atoms with E-state index in [1.54, 1.807) is 28.4 Å². The monoisotopic (exact) mass is 614 g/mol.